The Morgan fingerprint density at radius 3 is 2.42 bits per heavy atom. The summed E-state index contributed by atoms with van der Waals surface area (Å²) in [4.78, 5) is 21.5. The van der Waals surface area contributed by atoms with Crippen LogP contribution in [0.1, 0.15) is 28.4 Å². The molecule has 0 saturated carbocycles. The van der Waals surface area contributed by atoms with Gasteiger partial charge in [-0.3, -0.25) is 4.79 Å². The molecule has 2 aromatic heterocycles. The molecule has 4 rings (SSSR count). The van der Waals surface area contributed by atoms with Crippen LogP contribution in [0.5, 0.6) is 17.4 Å². The molecule has 0 atom stereocenters. The van der Waals surface area contributed by atoms with Gasteiger partial charge in [0.25, 0.3) is 15.9 Å². The number of aryl methyl sites for hydroxylation is 2. The Morgan fingerprint density at radius 1 is 0.972 bits per heavy atom. The van der Waals surface area contributed by atoms with Gasteiger partial charge in [0.15, 0.2) is 5.03 Å². The highest BCUT2D eigenvalue weighted by atomic mass is 32.2. The first kappa shape index (κ1) is 24.9. The number of benzene rings is 2. The average Bonchev–Trinajstić information content (AvgIpc) is 2.86. The molecule has 0 spiro atoms. The molecule has 1 amide bonds. The highest BCUT2D eigenvalue weighted by Crippen LogP contribution is 2.30. The topological polar surface area (TPSA) is 107 Å². The summed E-state index contributed by atoms with van der Waals surface area (Å²) >= 11 is 0. The van der Waals surface area contributed by atoms with Gasteiger partial charge in [-0.25, -0.2) is 14.7 Å². The van der Waals surface area contributed by atoms with E-state index in [1.165, 1.54) is 24.4 Å². The van der Waals surface area contributed by atoms with Gasteiger partial charge < -0.3 is 9.47 Å². The molecule has 0 aliphatic carbocycles. The van der Waals surface area contributed by atoms with Gasteiger partial charge in [0.2, 0.25) is 5.88 Å². The van der Waals surface area contributed by atoms with E-state index in [9.17, 15) is 13.2 Å². The van der Waals surface area contributed by atoms with Crippen molar-refractivity contribution in [2.75, 3.05) is 6.61 Å². The Bertz CT molecular complexity index is 1490. The first-order valence-corrected chi connectivity index (χ1v) is 12.7. The second kappa shape index (κ2) is 10.6. The van der Waals surface area contributed by atoms with Crippen LogP contribution in [0.4, 0.5) is 0 Å². The summed E-state index contributed by atoms with van der Waals surface area (Å²) in [6.07, 6.45) is 1.33. The van der Waals surface area contributed by atoms with Crippen LogP contribution in [0.2, 0.25) is 0 Å². The van der Waals surface area contributed by atoms with Crippen molar-refractivity contribution in [1.29, 1.82) is 0 Å². The van der Waals surface area contributed by atoms with Gasteiger partial charge in [0.1, 0.15) is 17.1 Å². The zero-order valence-electron chi connectivity index (χ0n) is 20.1. The van der Waals surface area contributed by atoms with Crippen LogP contribution >= 0.6 is 0 Å². The maximum Gasteiger partial charge on any atom is 0.281 e. The Morgan fingerprint density at radius 2 is 1.75 bits per heavy atom. The normalized spacial score (nSPS) is 11.1. The van der Waals surface area contributed by atoms with Gasteiger partial charge in [-0.05, 0) is 80.9 Å². The van der Waals surface area contributed by atoms with Crippen LogP contribution < -0.4 is 14.2 Å². The molecule has 4 aromatic rings. The average molecular weight is 504 g/mol. The number of amides is 1. The van der Waals surface area contributed by atoms with E-state index in [0.29, 0.717) is 18.1 Å². The number of nitrogens with one attached hydrogen (secondary N) is 1. The largest absolute Gasteiger partial charge is 0.494 e. The predicted octanol–water partition coefficient (Wildman–Crippen LogP) is 5.07. The number of hydrogen-bond donors (Lipinski definition) is 1. The number of ether oxygens (including phenoxy) is 2. The Hall–Kier alpha value is -4.24. The SMILES string of the molecule is CCOc1ccc(-c2ccc(C(=O)NS(=O)(=O)c3ccccn3)c(Oc3ccc(C)cc3C)n2)cc1. The fourth-order valence-electron chi connectivity index (χ4n) is 3.49. The van der Waals surface area contributed by atoms with E-state index in [1.807, 2.05) is 57.2 Å². The van der Waals surface area contributed by atoms with Crippen LogP contribution in [-0.4, -0.2) is 30.9 Å². The third kappa shape index (κ3) is 5.69. The molecule has 0 bridgehead atoms. The Labute approximate surface area is 210 Å². The number of pyridine rings is 2. The van der Waals surface area contributed by atoms with Crippen molar-refractivity contribution in [3.8, 4) is 28.6 Å². The molecule has 9 heteroatoms. The van der Waals surface area contributed by atoms with Crippen molar-refractivity contribution in [2.45, 2.75) is 25.8 Å². The molecule has 184 valence electrons. The van der Waals surface area contributed by atoms with Crippen LogP contribution in [0.3, 0.4) is 0 Å². The summed E-state index contributed by atoms with van der Waals surface area (Å²) < 4.78 is 39.0. The molecule has 0 fully saturated rings. The van der Waals surface area contributed by atoms with E-state index in [4.69, 9.17) is 9.47 Å². The quantitative estimate of drug-likeness (QED) is 0.358. The number of nitrogens with zero attached hydrogens (tertiary/aromatic N) is 2. The number of aromatic nitrogens is 2. The molecule has 8 nitrogen and oxygen atoms in total. The molecule has 1 N–H and O–H groups in total. The van der Waals surface area contributed by atoms with Gasteiger partial charge in [0, 0.05) is 11.8 Å². The zero-order chi connectivity index (χ0) is 25.7. The number of hydrogen-bond acceptors (Lipinski definition) is 7. The minimum Gasteiger partial charge on any atom is -0.494 e. The summed E-state index contributed by atoms with van der Waals surface area (Å²) in [5.41, 5.74) is 3.18. The lowest BCUT2D eigenvalue weighted by Crippen LogP contribution is -2.31. The first-order chi connectivity index (χ1) is 17.3. The van der Waals surface area contributed by atoms with E-state index in [1.54, 1.807) is 18.2 Å². The standard InChI is InChI=1S/C27H25N3O5S/c1-4-34-21-11-9-20(10-12-21)23-14-13-22(26(31)30-36(32,33)25-7-5-6-16-28-25)27(29-23)35-24-15-8-18(2)17-19(24)3/h5-17H,4H2,1-3H3,(H,30,31). The third-order valence-corrected chi connectivity index (χ3v) is 6.49. The Balaban J connectivity index is 1.72. The maximum absolute atomic E-state index is 13.1. The number of carbonyl (C=O) groups excluding carboxylic acids is 1. The van der Waals surface area contributed by atoms with Gasteiger partial charge in [-0.15, -0.1) is 0 Å². The molecular weight excluding hydrogens is 478 g/mol. The summed E-state index contributed by atoms with van der Waals surface area (Å²) in [5.74, 6) is 0.315. The third-order valence-electron chi connectivity index (χ3n) is 5.24. The van der Waals surface area contributed by atoms with Gasteiger partial charge >= 0.3 is 0 Å². The second-order valence-corrected chi connectivity index (χ2v) is 9.61. The second-order valence-electron chi connectivity index (χ2n) is 7.98. The molecule has 36 heavy (non-hydrogen) atoms. The molecule has 0 aliphatic rings. The van der Waals surface area contributed by atoms with Crippen molar-refractivity contribution >= 4 is 15.9 Å². The summed E-state index contributed by atoms with van der Waals surface area (Å²) in [7, 11) is -4.19. The predicted molar refractivity (Wildman–Crippen MR) is 136 cm³/mol. The van der Waals surface area contributed by atoms with E-state index in [0.717, 1.165) is 22.4 Å². The summed E-state index contributed by atoms with van der Waals surface area (Å²) in [5, 5.41) is -0.269. The number of sulfonamides is 1. The van der Waals surface area contributed by atoms with E-state index < -0.39 is 15.9 Å². The summed E-state index contributed by atoms with van der Waals surface area (Å²) in [6.45, 7) is 6.30. The maximum atomic E-state index is 13.1. The van der Waals surface area contributed by atoms with E-state index in [-0.39, 0.29) is 16.5 Å². The number of rotatable bonds is 8. The lowest BCUT2D eigenvalue weighted by atomic mass is 10.1. The smallest absolute Gasteiger partial charge is 0.281 e. The molecule has 0 radical (unpaired) electrons. The molecular formula is C27H25N3O5S. The fraction of sp³-hybridized carbons (Fsp3) is 0.148. The monoisotopic (exact) mass is 503 g/mol. The van der Waals surface area contributed by atoms with Crippen molar-refractivity contribution in [3.05, 3.63) is 95.7 Å². The summed E-state index contributed by atoms with van der Waals surface area (Å²) in [6, 6.07) is 20.5. The minimum absolute atomic E-state index is 0.0259. The first-order valence-electron chi connectivity index (χ1n) is 11.2. The van der Waals surface area contributed by atoms with Crippen LogP contribution in [0.15, 0.2) is 84.0 Å². The molecule has 0 unspecified atom stereocenters. The molecule has 2 aromatic carbocycles. The van der Waals surface area contributed by atoms with Gasteiger partial charge in [-0.2, -0.15) is 8.42 Å². The minimum atomic E-state index is -4.19. The highest BCUT2D eigenvalue weighted by Gasteiger charge is 2.24. The molecule has 2 heterocycles. The lowest BCUT2D eigenvalue weighted by Gasteiger charge is -2.14. The number of carbonyl (C=O) groups is 1. The van der Waals surface area contributed by atoms with Crippen molar-refractivity contribution in [1.82, 2.24) is 14.7 Å². The van der Waals surface area contributed by atoms with E-state index in [2.05, 4.69) is 14.7 Å². The zero-order valence-corrected chi connectivity index (χ0v) is 20.9. The van der Waals surface area contributed by atoms with Gasteiger partial charge in [-0.1, -0.05) is 23.8 Å². The van der Waals surface area contributed by atoms with Crippen LogP contribution in [0, 0.1) is 13.8 Å². The molecule has 0 aliphatic heterocycles. The lowest BCUT2D eigenvalue weighted by molar-refractivity contribution is 0.0978. The van der Waals surface area contributed by atoms with Crippen molar-refractivity contribution in [2.24, 2.45) is 0 Å². The van der Waals surface area contributed by atoms with Gasteiger partial charge in [0.05, 0.1) is 12.3 Å². The molecule has 0 saturated heterocycles. The fourth-order valence-corrected chi connectivity index (χ4v) is 4.41. The highest BCUT2D eigenvalue weighted by molar-refractivity contribution is 7.90. The van der Waals surface area contributed by atoms with Crippen LogP contribution in [-0.2, 0) is 10.0 Å². The Kier molecular flexibility index (Phi) is 7.30. The van der Waals surface area contributed by atoms with Crippen molar-refractivity contribution < 1.29 is 22.7 Å². The van der Waals surface area contributed by atoms with Crippen molar-refractivity contribution in [3.63, 3.8) is 0 Å². The van der Waals surface area contributed by atoms with E-state index >= 15 is 0 Å². The van der Waals surface area contributed by atoms with Crippen LogP contribution in [0.25, 0.3) is 11.3 Å².